The molecule has 7 heteroatoms. The van der Waals surface area contributed by atoms with Gasteiger partial charge in [-0.25, -0.2) is 14.8 Å². The van der Waals surface area contributed by atoms with E-state index in [4.69, 9.17) is 5.11 Å². The van der Waals surface area contributed by atoms with Crippen LogP contribution in [0.25, 0.3) is 0 Å². The minimum Gasteiger partial charge on any atom is -0.477 e. The summed E-state index contributed by atoms with van der Waals surface area (Å²) < 4.78 is 0. The molecule has 2 aromatic rings. The van der Waals surface area contributed by atoms with Crippen LogP contribution in [-0.4, -0.2) is 27.0 Å². The van der Waals surface area contributed by atoms with E-state index in [1.807, 2.05) is 20.8 Å². The van der Waals surface area contributed by atoms with Crippen molar-refractivity contribution in [2.75, 3.05) is 0 Å². The van der Waals surface area contributed by atoms with Crippen molar-refractivity contribution in [3.05, 3.63) is 45.2 Å². The van der Waals surface area contributed by atoms with Gasteiger partial charge in [0.05, 0.1) is 22.3 Å². The Bertz CT molecular complexity index is 679. The first kappa shape index (κ1) is 15.1. The SMILES string of the molecule is Cc1nc(C)c(C(C)NC(=O)c2ccc(C(=O)O)nc2)s1. The first-order valence-electron chi connectivity index (χ1n) is 6.32. The van der Waals surface area contributed by atoms with Gasteiger partial charge >= 0.3 is 5.97 Å². The number of aromatic nitrogens is 2. The highest BCUT2D eigenvalue weighted by atomic mass is 32.1. The van der Waals surface area contributed by atoms with Gasteiger partial charge in [0.15, 0.2) is 0 Å². The first-order chi connectivity index (χ1) is 9.88. The molecule has 0 saturated heterocycles. The lowest BCUT2D eigenvalue weighted by molar-refractivity contribution is 0.0689. The average molecular weight is 305 g/mol. The number of rotatable bonds is 4. The molecule has 1 atom stereocenters. The molecule has 0 radical (unpaired) electrons. The first-order valence-corrected chi connectivity index (χ1v) is 7.14. The standard InChI is InChI=1S/C14H15N3O3S/c1-7-12(21-9(3)16-7)8(2)17-13(18)10-4-5-11(14(19)20)15-6-10/h4-6,8H,1-3H3,(H,17,18)(H,19,20). The molecule has 2 heterocycles. The molecule has 0 aliphatic carbocycles. The summed E-state index contributed by atoms with van der Waals surface area (Å²) in [6.45, 7) is 5.71. The molecule has 0 aromatic carbocycles. The fourth-order valence-corrected chi connectivity index (χ4v) is 2.88. The number of nitrogens with zero attached hydrogens (tertiary/aromatic N) is 2. The second-order valence-electron chi connectivity index (χ2n) is 4.61. The third-order valence-corrected chi connectivity index (χ3v) is 4.18. The molecule has 2 N–H and O–H groups in total. The maximum atomic E-state index is 12.1. The van der Waals surface area contributed by atoms with Crippen LogP contribution in [0.3, 0.4) is 0 Å². The highest BCUT2D eigenvalue weighted by molar-refractivity contribution is 7.11. The van der Waals surface area contributed by atoms with Crippen molar-refractivity contribution in [3.63, 3.8) is 0 Å². The molecule has 0 bridgehead atoms. The molecule has 110 valence electrons. The predicted octanol–water partition coefficient (Wildman–Crippen LogP) is 2.34. The van der Waals surface area contributed by atoms with Crippen LogP contribution in [0.4, 0.5) is 0 Å². The molecule has 1 amide bonds. The lowest BCUT2D eigenvalue weighted by Crippen LogP contribution is -2.26. The smallest absolute Gasteiger partial charge is 0.354 e. The highest BCUT2D eigenvalue weighted by Gasteiger charge is 2.17. The summed E-state index contributed by atoms with van der Waals surface area (Å²) in [6.07, 6.45) is 1.26. The average Bonchev–Trinajstić information content (AvgIpc) is 2.77. The van der Waals surface area contributed by atoms with Crippen molar-refractivity contribution in [3.8, 4) is 0 Å². The van der Waals surface area contributed by atoms with Crippen LogP contribution in [0.5, 0.6) is 0 Å². The minimum absolute atomic E-state index is 0.0893. The van der Waals surface area contributed by atoms with Crippen molar-refractivity contribution < 1.29 is 14.7 Å². The lowest BCUT2D eigenvalue weighted by atomic mass is 10.2. The Balaban J connectivity index is 2.10. The molecule has 0 aliphatic heterocycles. The number of aromatic carboxylic acids is 1. The summed E-state index contributed by atoms with van der Waals surface area (Å²) in [4.78, 5) is 31.9. The van der Waals surface area contributed by atoms with Gasteiger partial charge in [-0.15, -0.1) is 11.3 Å². The van der Waals surface area contributed by atoms with Gasteiger partial charge in [-0.05, 0) is 32.9 Å². The quantitative estimate of drug-likeness (QED) is 0.904. The van der Waals surface area contributed by atoms with E-state index in [9.17, 15) is 9.59 Å². The Morgan fingerprint density at radius 3 is 2.52 bits per heavy atom. The summed E-state index contributed by atoms with van der Waals surface area (Å²) in [6, 6.07) is 2.59. The maximum absolute atomic E-state index is 12.1. The molecule has 2 aromatic heterocycles. The number of pyridine rings is 1. The molecule has 2 rings (SSSR count). The van der Waals surface area contributed by atoms with E-state index in [0.29, 0.717) is 5.56 Å². The zero-order valence-electron chi connectivity index (χ0n) is 11.9. The molecule has 6 nitrogen and oxygen atoms in total. The van der Waals surface area contributed by atoms with Gasteiger partial charge in [0, 0.05) is 11.1 Å². The third kappa shape index (κ3) is 3.43. The number of hydrogen-bond donors (Lipinski definition) is 2. The Hall–Kier alpha value is -2.28. The number of carbonyl (C=O) groups is 2. The van der Waals surface area contributed by atoms with Crippen LogP contribution in [0.1, 0.15) is 49.4 Å². The number of carboxylic acid groups (broad SMARTS) is 1. The van der Waals surface area contributed by atoms with E-state index in [-0.39, 0.29) is 17.6 Å². The normalized spacial score (nSPS) is 12.0. The number of hydrogen-bond acceptors (Lipinski definition) is 5. The van der Waals surface area contributed by atoms with E-state index in [0.717, 1.165) is 15.6 Å². The fraction of sp³-hybridized carbons (Fsp3) is 0.286. The van der Waals surface area contributed by atoms with Crippen molar-refractivity contribution in [2.45, 2.75) is 26.8 Å². The van der Waals surface area contributed by atoms with Gasteiger partial charge in [-0.3, -0.25) is 4.79 Å². The number of carboxylic acids is 1. The van der Waals surface area contributed by atoms with Gasteiger partial charge in [0.25, 0.3) is 5.91 Å². The molecule has 0 aliphatic rings. The number of thiazole rings is 1. The number of carbonyl (C=O) groups excluding carboxylic acids is 1. The lowest BCUT2D eigenvalue weighted by Gasteiger charge is -2.12. The van der Waals surface area contributed by atoms with Crippen molar-refractivity contribution in [1.82, 2.24) is 15.3 Å². The van der Waals surface area contributed by atoms with Gasteiger partial charge in [-0.1, -0.05) is 0 Å². The summed E-state index contributed by atoms with van der Waals surface area (Å²) >= 11 is 1.55. The Morgan fingerprint density at radius 1 is 1.33 bits per heavy atom. The molecule has 1 unspecified atom stereocenters. The van der Waals surface area contributed by atoms with Gasteiger partial charge in [0.1, 0.15) is 5.69 Å². The highest BCUT2D eigenvalue weighted by Crippen LogP contribution is 2.24. The van der Waals surface area contributed by atoms with Crippen LogP contribution in [0.2, 0.25) is 0 Å². The van der Waals surface area contributed by atoms with Crippen LogP contribution in [0.15, 0.2) is 18.3 Å². The summed E-state index contributed by atoms with van der Waals surface area (Å²) in [7, 11) is 0. The Morgan fingerprint density at radius 2 is 2.05 bits per heavy atom. The maximum Gasteiger partial charge on any atom is 0.354 e. The molecule has 21 heavy (non-hydrogen) atoms. The van der Waals surface area contributed by atoms with Gasteiger partial charge < -0.3 is 10.4 Å². The topological polar surface area (TPSA) is 92.2 Å². The molecule has 0 spiro atoms. The molecule has 0 saturated carbocycles. The summed E-state index contributed by atoms with van der Waals surface area (Å²) in [5, 5.41) is 12.6. The third-order valence-electron chi connectivity index (χ3n) is 2.93. The van der Waals surface area contributed by atoms with Crippen LogP contribution >= 0.6 is 11.3 Å². The second-order valence-corrected chi connectivity index (χ2v) is 5.85. The van der Waals surface area contributed by atoms with Crippen LogP contribution in [0, 0.1) is 13.8 Å². The Kier molecular flexibility index (Phi) is 4.32. The van der Waals surface area contributed by atoms with Crippen molar-refractivity contribution >= 4 is 23.2 Å². The molecule has 0 fully saturated rings. The molecular weight excluding hydrogens is 290 g/mol. The summed E-state index contributed by atoms with van der Waals surface area (Å²) in [5.74, 6) is -1.41. The van der Waals surface area contributed by atoms with E-state index in [1.54, 1.807) is 11.3 Å². The number of aryl methyl sites for hydroxylation is 2. The van der Waals surface area contributed by atoms with Gasteiger partial charge in [-0.2, -0.15) is 0 Å². The monoisotopic (exact) mass is 305 g/mol. The predicted molar refractivity (Wildman–Crippen MR) is 78.7 cm³/mol. The largest absolute Gasteiger partial charge is 0.477 e. The van der Waals surface area contributed by atoms with Crippen molar-refractivity contribution in [2.24, 2.45) is 0 Å². The van der Waals surface area contributed by atoms with E-state index < -0.39 is 5.97 Å². The van der Waals surface area contributed by atoms with E-state index >= 15 is 0 Å². The second kappa shape index (κ2) is 6.01. The zero-order chi connectivity index (χ0) is 15.6. The van der Waals surface area contributed by atoms with E-state index in [2.05, 4.69) is 15.3 Å². The van der Waals surface area contributed by atoms with Crippen LogP contribution in [-0.2, 0) is 0 Å². The number of nitrogens with one attached hydrogen (secondary N) is 1. The van der Waals surface area contributed by atoms with Crippen LogP contribution < -0.4 is 5.32 Å². The minimum atomic E-state index is -1.12. The van der Waals surface area contributed by atoms with Crippen molar-refractivity contribution in [1.29, 1.82) is 0 Å². The fourth-order valence-electron chi connectivity index (χ4n) is 1.95. The van der Waals surface area contributed by atoms with E-state index in [1.165, 1.54) is 18.3 Å². The Labute approximate surface area is 125 Å². The molecular formula is C14H15N3O3S. The van der Waals surface area contributed by atoms with Gasteiger partial charge in [0.2, 0.25) is 0 Å². The zero-order valence-corrected chi connectivity index (χ0v) is 12.7. The number of amides is 1. The summed E-state index contributed by atoms with van der Waals surface area (Å²) in [5.41, 5.74) is 1.14.